The van der Waals surface area contributed by atoms with E-state index in [9.17, 15) is 4.79 Å². The van der Waals surface area contributed by atoms with Crippen LogP contribution in [0, 0.1) is 11.8 Å². The molecule has 7 heteroatoms. The van der Waals surface area contributed by atoms with Gasteiger partial charge in [-0.1, -0.05) is 25.6 Å². The minimum absolute atomic E-state index is 0.179. The molecule has 24 heavy (non-hydrogen) atoms. The number of carbonyl (C=O) groups excluding carboxylic acids is 1. The fourth-order valence-corrected chi connectivity index (χ4v) is 4.23. The first kappa shape index (κ1) is 17.1. The van der Waals surface area contributed by atoms with Crippen molar-refractivity contribution in [3.63, 3.8) is 0 Å². The summed E-state index contributed by atoms with van der Waals surface area (Å²) in [6, 6.07) is 3.77. The number of rotatable bonds is 5. The van der Waals surface area contributed by atoms with Crippen molar-refractivity contribution >= 4 is 17.7 Å². The summed E-state index contributed by atoms with van der Waals surface area (Å²) < 4.78 is 7.28. The highest BCUT2D eigenvalue weighted by Crippen LogP contribution is 2.27. The van der Waals surface area contributed by atoms with Gasteiger partial charge in [-0.25, -0.2) is 0 Å². The predicted molar refractivity (Wildman–Crippen MR) is 92.7 cm³/mol. The van der Waals surface area contributed by atoms with Crippen molar-refractivity contribution < 1.29 is 9.21 Å². The minimum atomic E-state index is -0.179. The summed E-state index contributed by atoms with van der Waals surface area (Å²) in [6.07, 6.45) is 4.52. The number of amides is 1. The van der Waals surface area contributed by atoms with Gasteiger partial charge in [0.2, 0.25) is 5.91 Å². The molecule has 0 saturated carbocycles. The first-order chi connectivity index (χ1) is 11.5. The Balaban J connectivity index is 1.63. The Morgan fingerprint density at radius 3 is 2.83 bits per heavy atom. The van der Waals surface area contributed by atoms with Gasteiger partial charge in [-0.15, -0.1) is 10.2 Å². The van der Waals surface area contributed by atoms with Crippen molar-refractivity contribution in [3.05, 3.63) is 30.5 Å². The minimum Gasteiger partial charge on any atom is -0.467 e. The Kier molecular flexibility index (Phi) is 5.28. The largest absolute Gasteiger partial charge is 0.467 e. The Bertz CT molecular complexity index is 660. The van der Waals surface area contributed by atoms with E-state index in [1.165, 1.54) is 18.2 Å². The van der Waals surface area contributed by atoms with Gasteiger partial charge in [-0.3, -0.25) is 4.79 Å². The van der Waals surface area contributed by atoms with Crippen molar-refractivity contribution in [1.82, 2.24) is 19.7 Å². The van der Waals surface area contributed by atoms with E-state index in [2.05, 4.69) is 24.0 Å². The molecule has 1 aliphatic heterocycles. The fourth-order valence-electron chi connectivity index (χ4n) is 3.32. The average molecular weight is 348 g/mol. The van der Waals surface area contributed by atoms with Gasteiger partial charge in [0.05, 0.1) is 18.1 Å². The average Bonchev–Trinajstić information content (AvgIpc) is 3.18. The lowest BCUT2D eigenvalue weighted by molar-refractivity contribution is -0.132. The van der Waals surface area contributed by atoms with Crippen molar-refractivity contribution in [2.75, 3.05) is 13.1 Å². The van der Waals surface area contributed by atoms with E-state index < -0.39 is 0 Å². The Morgan fingerprint density at radius 2 is 2.17 bits per heavy atom. The highest BCUT2D eigenvalue weighted by Gasteiger charge is 2.29. The molecule has 0 aromatic carbocycles. The maximum Gasteiger partial charge on any atom is 0.235 e. The second-order valence-corrected chi connectivity index (χ2v) is 8.08. The Labute approximate surface area is 146 Å². The molecule has 130 valence electrons. The lowest BCUT2D eigenvalue weighted by Gasteiger charge is -2.36. The maximum absolute atomic E-state index is 12.8. The molecule has 6 nitrogen and oxygen atoms in total. The van der Waals surface area contributed by atoms with Gasteiger partial charge in [-0.2, -0.15) is 0 Å². The van der Waals surface area contributed by atoms with E-state index in [0.29, 0.717) is 18.4 Å². The van der Waals surface area contributed by atoms with Crippen molar-refractivity contribution in [2.24, 2.45) is 11.8 Å². The molecular weight excluding hydrogens is 324 g/mol. The Morgan fingerprint density at radius 1 is 1.42 bits per heavy atom. The molecule has 1 fully saturated rings. The summed E-state index contributed by atoms with van der Waals surface area (Å²) >= 11 is 1.46. The van der Waals surface area contributed by atoms with Crippen LogP contribution in [0.1, 0.15) is 33.0 Å². The van der Waals surface area contributed by atoms with Crippen LogP contribution in [0.4, 0.5) is 0 Å². The highest BCUT2D eigenvalue weighted by molar-refractivity contribution is 8.00. The molecule has 0 bridgehead atoms. The van der Waals surface area contributed by atoms with Gasteiger partial charge in [0.15, 0.2) is 5.16 Å². The molecule has 3 atom stereocenters. The molecular formula is C17H24N4O2S. The third-order valence-corrected chi connectivity index (χ3v) is 5.38. The lowest BCUT2D eigenvalue weighted by atomic mass is 9.92. The molecule has 0 N–H and O–H groups in total. The summed E-state index contributed by atoms with van der Waals surface area (Å²) in [6.45, 7) is 8.66. The van der Waals surface area contributed by atoms with Crippen LogP contribution in [0.5, 0.6) is 0 Å². The second kappa shape index (κ2) is 7.42. The van der Waals surface area contributed by atoms with Crippen LogP contribution in [-0.4, -0.2) is 43.9 Å². The molecule has 1 amide bonds. The van der Waals surface area contributed by atoms with Crippen molar-refractivity contribution in [3.8, 4) is 0 Å². The summed E-state index contributed by atoms with van der Waals surface area (Å²) in [5.74, 6) is 2.16. The van der Waals surface area contributed by atoms with Gasteiger partial charge >= 0.3 is 0 Å². The van der Waals surface area contributed by atoms with Gasteiger partial charge in [0.1, 0.15) is 12.1 Å². The zero-order valence-corrected chi connectivity index (χ0v) is 15.2. The van der Waals surface area contributed by atoms with Crippen LogP contribution in [0.3, 0.4) is 0 Å². The smallest absolute Gasteiger partial charge is 0.235 e. The van der Waals surface area contributed by atoms with Crippen LogP contribution in [0.15, 0.2) is 34.3 Å². The monoisotopic (exact) mass is 348 g/mol. The molecule has 3 rings (SSSR count). The standard InChI is InChI=1S/C17H24N4O2S/c1-12-7-13(2)9-20(8-12)16(22)14(3)24-17-19-18-11-21(17)10-15-5-4-6-23-15/h4-6,11-14H,7-10H2,1-3H3/t12-,13-,14+/m1/s1. The highest BCUT2D eigenvalue weighted by atomic mass is 32.2. The van der Waals surface area contributed by atoms with Gasteiger partial charge in [0.25, 0.3) is 0 Å². The predicted octanol–water partition coefficient (Wildman–Crippen LogP) is 2.90. The number of hydrogen-bond acceptors (Lipinski definition) is 5. The van der Waals surface area contributed by atoms with Crippen LogP contribution < -0.4 is 0 Å². The summed E-state index contributed by atoms with van der Waals surface area (Å²) in [7, 11) is 0. The number of aromatic nitrogens is 3. The van der Waals surface area contributed by atoms with E-state index >= 15 is 0 Å². The first-order valence-electron chi connectivity index (χ1n) is 8.38. The third kappa shape index (κ3) is 4.01. The van der Waals surface area contributed by atoms with Crippen LogP contribution in [0.25, 0.3) is 0 Å². The van der Waals surface area contributed by atoms with Gasteiger partial charge < -0.3 is 13.9 Å². The fraction of sp³-hybridized carbons (Fsp3) is 0.588. The number of furan rings is 1. The van der Waals surface area contributed by atoms with Crippen LogP contribution in [-0.2, 0) is 11.3 Å². The molecule has 1 saturated heterocycles. The Hall–Kier alpha value is -1.76. The zero-order valence-electron chi connectivity index (χ0n) is 14.4. The SMILES string of the molecule is C[C@@H]1C[C@@H](C)CN(C(=O)[C@H](C)Sc2nncn2Cc2ccco2)C1. The second-order valence-electron chi connectivity index (χ2n) is 6.77. The van der Waals surface area contributed by atoms with E-state index in [1.807, 2.05) is 28.5 Å². The number of likely N-dealkylation sites (tertiary alicyclic amines) is 1. The number of thioether (sulfide) groups is 1. The van der Waals surface area contributed by atoms with Crippen LogP contribution in [0.2, 0.25) is 0 Å². The van der Waals surface area contributed by atoms with E-state index in [1.54, 1.807) is 12.6 Å². The van der Waals surface area contributed by atoms with E-state index in [4.69, 9.17) is 4.42 Å². The zero-order chi connectivity index (χ0) is 17.1. The maximum atomic E-state index is 12.8. The molecule has 0 aliphatic carbocycles. The summed E-state index contributed by atoms with van der Waals surface area (Å²) in [5.41, 5.74) is 0. The number of hydrogen-bond donors (Lipinski definition) is 0. The molecule has 3 heterocycles. The molecule has 0 unspecified atom stereocenters. The molecule has 0 spiro atoms. The molecule has 2 aromatic rings. The van der Waals surface area contributed by atoms with Crippen LogP contribution >= 0.6 is 11.8 Å². The van der Waals surface area contributed by atoms with E-state index in [-0.39, 0.29) is 11.2 Å². The molecule has 1 aliphatic rings. The molecule has 0 radical (unpaired) electrons. The van der Waals surface area contributed by atoms with Crippen molar-refractivity contribution in [2.45, 2.75) is 44.1 Å². The summed E-state index contributed by atoms with van der Waals surface area (Å²) in [4.78, 5) is 14.8. The van der Waals surface area contributed by atoms with Gasteiger partial charge in [-0.05, 0) is 37.3 Å². The number of piperidine rings is 1. The lowest BCUT2D eigenvalue weighted by Crippen LogP contribution is -2.45. The quantitative estimate of drug-likeness (QED) is 0.778. The normalized spacial score (nSPS) is 22.5. The van der Waals surface area contributed by atoms with Gasteiger partial charge in [0, 0.05) is 13.1 Å². The summed E-state index contributed by atoms with van der Waals surface area (Å²) in [5, 5.41) is 8.70. The number of carbonyl (C=O) groups is 1. The third-order valence-electron chi connectivity index (χ3n) is 4.30. The number of nitrogens with zero attached hydrogens (tertiary/aromatic N) is 4. The molecule has 2 aromatic heterocycles. The first-order valence-corrected chi connectivity index (χ1v) is 9.26. The van der Waals surface area contributed by atoms with E-state index in [0.717, 1.165) is 24.0 Å². The van der Waals surface area contributed by atoms with Crippen molar-refractivity contribution in [1.29, 1.82) is 0 Å². The topological polar surface area (TPSA) is 64.2 Å².